The number of carbonyl (C=O) groups excluding carboxylic acids is 3. The molecule has 0 aliphatic rings. The van der Waals surface area contributed by atoms with E-state index >= 15 is 0 Å². The summed E-state index contributed by atoms with van der Waals surface area (Å²) in [5, 5.41) is 37.1. The Bertz CT molecular complexity index is 788. The van der Waals surface area contributed by atoms with Gasteiger partial charge in [0.2, 0.25) is 17.7 Å². The Morgan fingerprint density at radius 3 is 2.06 bits per heavy atom. The summed E-state index contributed by atoms with van der Waals surface area (Å²) in [6, 6.07) is 7.34. The summed E-state index contributed by atoms with van der Waals surface area (Å²) in [6.07, 6.45) is 2.73. The van der Waals surface area contributed by atoms with Crippen LogP contribution in [-0.2, 0) is 20.8 Å². The molecule has 0 aliphatic heterocycles. The average Bonchev–Trinajstić information content (AvgIpc) is 2.77. The van der Waals surface area contributed by atoms with Crippen LogP contribution in [0.1, 0.15) is 64.9 Å². The van der Waals surface area contributed by atoms with Crippen LogP contribution in [0.4, 0.5) is 0 Å². The molecule has 3 amide bonds. The average molecular weight is 493 g/mol. The normalized spacial score (nSPS) is 14.2. The van der Waals surface area contributed by atoms with Gasteiger partial charge in [0.1, 0.15) is 12.1 Å². The van der Waals surface area contributed by atoms with Gasteiger partial charge in [-0.3, -0.25) is 14.4 Å². The fraction of sp³-hybridized carbons (Fsp3) is 0.625. The molecule has 10 nitrogen and oxygen atoms in total. The monoisotopic (exact) mass is 493 g/mol. The van der Waals surface area contributed by atoms with Crippen LogP contribution in [-0.4, -0.2) is 64.1 Å². The molecule has 1 aromatic carbocycles. The van der Waals surface area contributed by atoms with E-state index in [2.05, 4.69) is 16.0 Å². The molecule has 0 saturated carbocycles. The predicted octanol–water partition coefficient (Wildman–Crippen LogP) is 0.114. The number of hydrogen-bond acceptors (Lipinski definition) is 7. The minimum atomic E-state index is -3.80. The third-order valence-corrected chi connectivity index (χ3v) is 5.61. The number of amides is 3. The molecule has 198 valence electrons. The van der Waals surface area contributed by atoms with Crippen molar-refractivity contribution in [3.05, 3.63) is 35.9 Å². The Balaban J connectivity index is 2.92. The zero-order chi connectivity index (χ0) is 26.4. The number of hydrogen-bond donors (Lipinski definition) is 7. The van der Waals surface area contributed by atoms with Crippen molar-refractivity contribution in [1.29, 1.82) is 0 Å². The van der Waals surface area contributed by atoms with E-state index in [0.717, 1.165) is 5.56 Å². The van der Waals surface area contributed by atoms with Gasteiger partial charge in [-0.05, 0) is 49.7 Å². The number of nitrogens with one attached hydrogen (secondary N) is 3. The largest absolute Gasteiger partial charge is 0.558 e. The maximum Gasteiger partial charge on any atom is 0.393 e. The Morgan fingerprint density at radius 2 is 1.51 bits per heavy atom. The van der Waals surface area contributed by atoms with E-state index in [1.165, 1.54) is 0 Å². The highest BCUT2D eigenvalue weighted by molar-refractivity contribution is 6.58. The fourth-order valence-electron chi connectivity index (χ4n) is 3.76. The van der Waals surface area contributed by atoms with Crippen LogP contribution in [0.25, 0.3) is 0 Å². The van der Waals surface area contributed by atoms with Crippen molar-refractivity contribution in [1.82, 2.24) is 16.0 Å². The van der Waals surface area contributed by atoms with Gasteiger partial charge in [-0.1, -0.05) is 63.9 Å². The van der Waals surface area contributed by atoms with Gasteiger partial charge in [0.05, 0.1) is 6.42 Å². The van der Waals surface area contributed by atoms with Crippen LogP contribution in [0.15, 0.2) is 30.3 Å². The van der Waals surface area contributed by atoms with Crippen molar-refractivity contribution < 1.29 is 29.5 Å². The molecule has 0 saturated heterocycles. The van der Waals surface area contributed by atoms with Gasteiger partial charge in [-0.2, -0.15) is 0 Å². The number of unbranched alkanes of at least 4 members (excludes halogenated alkanes) is 1. The lowest BCUT2D eigenvalue weighted by Gasteiger charge is -2.35. The molecule has 35 heavy (non-hydrogen) atoms. The van der Waals surface area contributed by atoms with E-state index in [1.807, 2.05) is 51.1 Å². The van der Waals surface area contributed by atoms with Crippen molar-refractivity contribution >= 4 is 24.5 Å². The minimum Gasteiger partial charge on any atom is -0.558 e. The van der Waals surface area contributed by atoms with E-state index in [4.69, 9.17) is 5.73 Å². The Morgan fingerprint density at radius 1 is 0.914 bits per heavy atom. The molecule has 1 rings (SSSR count). The molecule has 1 aromatic rings. The second-order valence-electron chi connectivity index (χ2n) is 9.46. The first-order valence-corrected chi connectivity index (χ1v) is 12.4. The first kappa shape index (κ1) is 30.6. The summed E-state index contributed by atoms with van der Waals surface area (Å²) in [4.78, 5) is 38.6. The van der Waals surface area contributed by atoms with Crippen molar-refractivity contribution in [3.63, 3.8) is 0 Å². The molecule has 0 radical (unpaired) electrons. The van der Waals surface area contributed by atoms with E-state index < -0.39 is 36.6 Å². The third-order valence-electron chi connectivity index (χ3n) is 5.61. The van der Waals surface area contributed by atoms with Crippen molar-refractivity contribution in [2.45, 2.75) is 83.7 Å². The zero-order valence-corrected chi connectivity index (χ0v) is 21.1. The molecule has 3 atom stereocenters. The summed E-state index contributed by atoms with van der Waals surface area (Å²) in [5.74, 6) is -2.77. The van der Waals surface area contributed by atoms with Crippen LogP contribution >= 0.6 is 0 Å². The number of carbonyl (C=O) groups is 3. The molecule has 11 heteroatoms. The molecule has 0 aromatic heterocycles. The number of nitrogens with two attached hydrogens (primary N) is 1. The Hall–Kier alpha value is -2.47. The van der Waals surface area contributed by atoms with Gasteiger partial charge in [-0.25, -0.2) is 0 Å². The first-order chi connectivity index (χ1) is 16.5. The van der Waals surface area contributed by atoms with Crippen LogP contribution in [0.5, 0.6) is 0 Å². The van der Waals surface area contributed by atoms with Gasteiger partial charge in [0, 0.05) is 0 Å². The van der Waals surface area contributed by atoms with Gasteiger partial charge in [-0.15, -0.1) is 0 Å². The van der Waals surface area contributed by atoms with E-state index in [-0.39, 0.29) is 31.1 Å². The van der Waals surface area contributed by atoms with E-state index in [1.54, 1.807) is 0 Å². The van der Waals surface area contributed by atoms with Crippen LogP contribution in [0.2, 0.25) is 0 Å². The molecule has 0 spiro atoms. The van der Waals surface area contributed by atoms with E-state index in [9.17, 15) is 29.5 Å². The maximum atomic E-state index is 13.1. The Kier molecular flexibility index (Phi) is 13.5. The van der Waals surface area contributed by atoms with Gasteiger partial charge in [0.25, 0.3) is 0 Å². The van der Waals surface area contributed by atoms with Crippen molar-refractivity contribution in [2.75, 3.05) is 6.54 Å². The predicted molar refractivity (Wildman–Crippen MR) is 136 cm³/mol. The van der Waals surface area contributed by atoms with E-state index in [0.29, 0.717) is 32.2 Å². The highest BCUT2D eigenvalue weighted by atomic mass is 16.5. The third kappa shape index (κ3) is 12.2. The molecule has 0 heterocycles. The molecule has 0 fully saturated rings. The Labute approximate surface area is 208 Å². The highest BCUT2D eigenvalue weighted by Gasteiger charge is 2.33. The van der Waals surface area contributed by atoms with Gasteiger partial charge >= 0.3 is 6.75 Å². The summed E-state index contributed by atoms with van der Waals surface area (Å²) in [7, 11) is 0. The summed E-state index contributed by atoms with van der Waals surface area (Å²) < 4.78 is 0. The minimum absolute atomic E-state index is 0.0351. The smallest absolute Gasteiger partial charge is 0.393 e. The zero-order valence-electron chi connectivity index (χ0n) is 21.1. The lowest BCUT2D eigenvalue weighted by Crippen LogP contribution is -2.62. The maximum absolute atomic E-state index is 13.1. The quantitative estimate of drug-likeness (QED) is 0.126. The lowest BCUT2D eigenvalue weighted by molar-refractivity contribution is -0.132. The standard InChI is InChI=1S/C24H42BN4O6/c1-4-10-19(27-22(30)16-18-11-6-5-7-12-18)23(31)28-20(13-8-9-14-26)24(32)29-21(15-17(2)3)25(33,34)35/h5-7,11-12,17,19-21,33-35H,4,8-10,13-16,26H2,1-3H3,(H,27,30)(H,28,31)(H,29,32)/q-1/t19-,20-,21-/m0/s1. The van der Waals surface area contributed by atoms with Crippen LogP contribution < -0.4 is 21.7 Å². The topological polar surface area (TPSA) is 174 Å². The molecule has 0 unspecified atom stereocenters. The van der Waals surface area contributed by atoms with Crippen molar-refractivity contribution in [3.8, 4) is 0 Å². The second-order valence-corrected chi connectivity index (χ2v) is 9.46. The van der Waals surface area contributed by atoms with Gasteiger partial charge in [0.15, 0.2) is 0 Å². The lowest BCUT2D eigenvalue weighted by atomic mass is 9.66. The molecular weight excluding hydrogens is 451 g/mol. The van der Waals surface area contributed by atoms with Crippen LogP contribution in [0.3, 0.4) is 0 Å². The summed E-state index contributed by atoms with van der Waals surface area (Å²) in [5.41, 5.74) is 6.38. The van der Waals surface area contributed by atoms with Crippen molar-refractivity contribution in [2.24, 2.45) is 11.7 Å². The highest BCUT2D eigenvalue weighted by Crippen LogP contribution is 2.12. The SMILES string of the molecule is CCC[C@H](NC(=O)Cc1ccccc1)C(=O)N[C@@H](CCCCN)C(=O)N[C@@H](CC(C)C)[B-](O)(O)O. The number of rotatable bonds is 16. The molecular formula is C24H42BN4O6-. The number of benzene rings is 1. The summed E-state index contributed by atoms with van der Waals surface area (Å²) in [6.45, 7) is 2.13. The molecule has 0 aliphatic carbocycles. The fourth-order valence-corrected chi connectivity index (χ4v) is 3.76. The second kappa shape index (κ2) is 15.5. The summed E-state index contributed by atoms with van der Waals surface area (Å²) >= 11 is 0. The van der Waals surface area contributed by atoms with Crippen LogP contribution in [0, 0.1) is 5.92 Å². The van der Waals surface area contributed by atoms with Gasteiger partial charge < -0.3 is 36.8 Å². The molecule has 8 N–H and O–H groups in total. The first-order valence-electron chi connectivity index (χ1n) is 12.4. The molecule has 0 bridgehead atoms.